The third-order valence-electron chi connectivity index (χ3n) is 6.78. The topological polar surface area (TPSA) is 49.3 Å². The van der Waals surface area contributed by atoms with Crippen molar-refractivity contribution < 1.29 is 9.90 Å². The van der Waals surface area contributed by atoms with Gasteiger partial charge in [0.25, 0.3) is 0 Å². The number of carboxylic acid groups (broad SMARTS) is 1. The van der Waals surface area contributed by atoms with Crippen LogP contribution < -0.4 is 5.32 Å². The van der Waals surface area contributed by atoms with E-state index in [0.717, 1.165) is 18.8 Å². The maximum absolute atomic E-state index is 10.4. The third kappa shape index (κ3) is 15.3. The molecule has 0 aromatic heterocycles. The number of aliphatic carboxylic acids is 1. The van der Waals surface area contributed by atoms with Crippen LogP contribution in [-0.4, -0.2) is 22.2 Å². The molecule has 3 nitrogen and oxygen atoms in total. The number of rotatable bonds is 18. The molecule has 2 N–H and O–H groups in total. The summed E-state index contributed by atoms with van der Waals surface area (Å²) in [5, 5.41) is 12.4. The number of unbranched alkanes of at least 4 members (excludes halogenated alkanes) is 14. The van der Waals surface area contributed by atoms with Gasteiger partial charge in [-0.15, -0.1) is 0 Å². The molecule has 0 amide bonds. The fraction of sp³-hybridized carbons (Fsp3) is 0.963. The van der Waals surface area contributed by atoms with Gasteiger partial charge in [0.05, 0.1) is 0 Å². The highest BCUT2D eigenvalue weighted by Gasteiger charge is 2.36. The zero-order valence-corrected chi connectivity index (χ0v) is 20.9. The van der Waals surface area contributed by atoms with Gasteiger partial charge in [0.2, 0.25) is 0 Å². The Hall–Kier alpha value is -0.570. The molecule has 1 fully saturated rings. The summed E-state index contributed by atoms with van der Waals surface area (Å²) >= 11 is 0. The fourth-order valence-electron chi connectivity index (χ4n) is 5.75. The molecule has 178 valence electrons. The minimum atomic E-state index is -0.652. The summed E-state index contributed by atoms with van der Waals surface area (Å²) in [6.07, 6.45) is 24.3. The molecule has 3 heteroatoms. The Kier molecular flexibility index (Phi) is 14.0. The van der Waals surface area contributed by atoms with E-state index in [-0.39, 0.29) is 0 Å². The van der Waals surface area contributed by atoms with Gasteiger partial charge < -0.3 is 10.4 Å². The number of carbonyl (C=O) groups is 1. The second kappa shape index (κ2) is 15.3. The summed E-state index contributed by atoms with van der Waals surface area (Å²) in [6, 6.07) is 0. The maximum Gasteiger partial charge on any atom is 0.303 e. The molecule has 0 aromatic carbocycles. The Balaban J connectivity index is 1.81. The third-order valence-corrected chi connectivity index (χ3v) is 6.78. The zero-order chi connectivity index (χ0) is 22.3. The summed E-state index contributed by atoms with van der Waals surface area (Å²) in [7, 11) is 0. The highest BCUT2D eigenvalue weighted by Crippen LogP contribution is 2.35. The van der Waals surface area contributed by atoms with Crippen LogP contribution in [0.15, 0.2) is 0 Å². The molecule has 0 unspecified atom stereocenters. The molecule has 0 spiro atoms. The van der Waals surface area contributed by atoms with E-state index in [1.165, 1.54) is 103 Å². The van der Waals surface area contributed by atoms with Gasteiger partial charge in [-0.3, -0.25) is 4.79 Å². The molecule has 0 saturated carbocycles. The van der Waals surface area contributed by atoms with Gasteiger partial charge >= 0.3 is 5.97 Å². The summed E-state index contributed by atoms with van der Waals surface area (Å²) < 4.78 is 0. The molecule has 0 aromatic rings. The van der Waals surface area contributed by atoms with Crippen molar-refractivity contribution >= 4 is 5.97 Å². The first-order chi connectivity index (χ1) is 14.2. The molecule has 0 atom stereocenters. The summed E-state index contributed by atoms with van der Waals surface area (Å²) in [5.41, 5.74) is 0.600. The Morgan fingerprint density at radius 3 is 1.37 bits per heavy atom. The Morgan fingerprint density at radius 2 is 1.00 bits per heavy atom. The number of carboxylic acids is 1. The fourth-order valence-corrected chi connectivity index (χ4v) is 5.75. The summed E-state index contributed by atoms with van der Waals surface area (Å²) in [5.74, 6) is 0.251. The van der Waals surface area contributed by atoms with E-state index < -0.39 is 5.97 Å². The zero-order valence-electron chi connectivity index (χ0n) is 20.9. The van der Waals surface area contributed by atoms with E-state index >= 15 is 0 Å². The molecule has 1 heterocycles. The lowest BCUT2D eigenvalue weighted by atomic mass is 9.74. The van der Waals surface area contributed by atoms with Crippen LogP contribution in [0.25, 0.3) is 0 Å². The van der Waals surface area contributed by atoms with Gasteiger partial charge in [0.1, 0.15) is 0 Å². The highest BCUT2D eigenvalue weighted by atomic mass is 16.4. The number of nitrogens with one attached hydrogen (secondary N) is 1. The quantitative estimate of drug-likeness (QED) is 0.218. The molecule has 30 heavy (non-hydrogen) atoms. The van der Waals surface area contributed by atoms with E-state index in [4.69, 9.17) is 5.11 Å². The van der Waals surface area contributed by atoms with E-state index in [0.29, 0.717) is 17.5 Å². The smallest absolute Gasteiger partial charge is 0.303 e. The predicted octanol–water partition coefficient (Wildman–Crippen LogP) is 8.26. The van der Waals surface area contributed by atoms with Crippen LogP contribution in [0.1, 0.15) is 150 Å². The van der Waals surface area contributed by atoms with Crippen molar-refractivity contribution in [2.24, 2.45) is 5.92 Å². The standard InChI is InChI=1S/C27H53NO2/c1-26(2)22-24(23-27(3,4)28-26)20-18-16-14-12-10-8-6-5-7-9-11-13-15-17-19-21-25(29)30/h24,28H,5-23H2,1-4H3,(H,29,30). The van der Waals surface area contributed by atoms with Crippen LogP contribution in [0.3, 0.4) is 0 Å². The van der Waals surface area contributed by atoms with E-state index in [9.17, 15) is 4.79 Å². The minimum Gasteiger partial charge on any atom is -0.481 e. The lowest BCUT2D eigenvalue weighted by molar-refractivity contribution is -0.137. The largest absolute Gasteiger partial charge is 0.481 e. The van der Waals surface area contributed by atoms with Crippen LogP contribution >= 0.6 is 0 Å². The van der Waals surface area contributed by atoms with Crippen LogP contribution in [-0.2, 0) is 4.79 Å². The second-order valence-electron chi connectivity index (χ2n) is 11.4. The van der Waals surface area contributed by atoms with Gasteiger partial charge in [-0.25, -0.2) is 0 Å². The highest BCUT2D eigenvalue weighted by molar-refractivity contribution is 5.66. The Bertz CT molecular complexity index is 428. The molecule has 1 aliphatic rings. The normalized spacial score (nSPS) is 18.5. The van der Waals surface area contributed by atoms with E-state index in [2.05, 4.69) is 33.0 Å². The molecule has 0 radical (unpaired) electrons. The van der Waals surface area contributed by atoms with Crippen LogP contribution in [0.2, 0.25) is 0 Å². The van der Waals surface area contributed by atoms with Crippen molar-refractivity contribution in [1.82, 2.24) is 5.32 Å². The first kappa shape index (κ1) is 27.5. The first-order valence-electron chi connectivity index (χ1n) is 13.2. The van der Waals surface area contributed by atoms with Crippen molar-refractivity contribution in [3.8, 4) is 0 Å². The number of hydrogen-bond donors (Lipinski definition) is 2. The van der Waals surface area contributed by atoms with E-state index in [1.54, 1.807) is 0 Å². The summed E-state index contributed by atoms with van der Waals surface area (Å²) in [6.45, 7) is 9.47. The van der Waals surface area contributed by atoms with Crippen molar-refractivity contribution in [3.05, 3.63) is 0 Å². The maximum atomic E-state index is 10.4. The number of hydrogen-bond acceptors (Lipinski definition) is 2. The molecule has 0 aliphatic carbocycles. The van der Waals surface area contributed by atoms with Gasteiger partial charge in [-0.05, 0) is 52.9 Å². The second-order valence-corrected chi connectivity index (χ2v) is 11.4. The molecule has 1 saturated heterocycles. The van der Waals surface area contributed by atoms with Crippen LogP contribution in [0.4, 0.5) is 0 Å². The van der Waals surface area contributed by atoms with Crippen LogP contribution in [0.5, 0.6) is 0 Å². The van der Waals surface area contributed by atoms with Crippen molar-refractivity contribution in [2.75, 3.05) is 0 Å². The van der Waals surface area contributed by atoms with Crippen molar-refractivity contribution in [1.29, 1.82) is 0 Å². The van der Waals surface area contributed by atoms with E-state index in [1.807, 2.05) is 0 Å². The van der Waals surface area contributed by atoms with Gasteiger partial charge in [0.15, 0.2) is 0 Å². The molecule has 1 aliphatic heterocycles. The summed E-state index contributed by atoms with van der Waals surface area (Å²) in [4.78, 5) is 10.4. The van der Waals surface area contributed by atoms with Gasteiger partial charge in [-0.1, -0.05) is 96.3 Å². The average molecular weight is 424 g/mol. The van der Waals surface area contributed by atoms with Gasteiger partial charge in [-0.2, -0.15) is 0 Å². The van der Waals surface area contributed by atoms with Gasteiger partial charge in [0, 0.05) is 17.5 Å². The average Bonchev–Trinajstić information content (AvgIpc) is 2.61. The van der Waals surface area contributed by atoms with Crippen molar-refractivity contribution in [3.63, 3.8) is 0 Å². The Labute approximate surface area is 188 Å². The monoisotopic (exact) mass is 423 g/mol. The SMILES string of the molecule is CC1(C)CC(CCCCCCCCCCCCCCCCCC(=O)O)CC(C)(C)N1. The predicted molar refractivity (Wildman–Crippen MR) is 130 cm³/mol. The molecule has 0 bridgehead atoms. The first-order valence-corrected chi connectivity index (χ1v) is 13.2. The van der Waals surface area contributed by atoms with Crippen molar-refractivity contribution in [2.45, 2.75) is 161 Å². The minimum absolute atomic E-state index is 0.300. The molecular weight excluding hydrogens is 370 g/mol. The Morgan fingerprint density at radius 1 is 0.667 bits per heavy atom. The number of piperidine rings is 1. The lowest BCUT2D eigenvalue weighted by Crippen LogP contribution is -2.57. The van der Waals surface area contributed by atoms with Crippen LogP contribution in [0, 0.1) is 5.92 Å². The molecule has 1 rings (SSSR count). The molecular formula is C27H53NO2. The lowest BCUT2D eigenvalue weighted by Gasteiger charge is -2.46.